The Kier molecular flexibility index (Phi) is 7.09. The smallest absolute Gasteiger partial charge is 0.253 e. The minimum Gasteiger partial charge on any atom is -0.492 e. The second kappa shape index (κ2) is 8.94. The first-order valence-electron chi connectivity index (χ1n) is 8.76. The number of halogens is 1. The molecule has 0 aromatic heterocycles. The summed E-state index contributed by atoms with van der Waals surface area (Å²) < 4.78 is 33.3. The predicted molar refractivity (Wildman–Crippen MR) is 110 cm³/mol. The van der Waals surface area contributed by atoms with E-state index in [0.29, 0.717) is 13.2 Å². The molecular formula is C20H25ClN2O4S. The van der Waals surface area contributed by atoms with Crippen molar-refractivity contribution in [2.75, 3.05) is 20.2 Å². The first-order chi connectivity index (χ1) is 13.0. The summed E-state index contributed by atoms with van der Waals surface area (Å²) in [4.78, 5) is 14.0. The average Bonchev–Trinajstić information content (AvgIpc) is 2.60. The van der Waals surface area contributed by atoms with Crippen molar-refractivity contribution in [3.63, 3.8) is 0 Å². The Bertz CT molecular complexity index is 925. The second-order valence-electron chi connectivity index (χ2n) is 7.39. The van der Waals surface area contributed by atoms with E-state index in [1.165, 1.54) is 23.1 Å². The van der Waals surface area contributed by atoms with Gasteiger partial charge in [0.2, 0.25) is 10.0 Å². The number of sulfonamides is 1. The Balaban J connectivity index is 2.11. The summed E-state index contributed by atoms with van der Waals surface area (Å²) >= 11 is 6.08. The Morgan fingerprint density at radius 1 is 1.14 bits per heavy atom. The van der Waals surface area contributed by atoms with Crippen molar-refractivity contribution >= 4 is 27.5 Å². The van der Waals surface area contributed by atoms with Gasteiger partial charge in [-0.25, -0.2) is 13.1 Å². The number of hydrogen-bond acceptors (Lipinski definition) is 4. The van der Waals surface area contributed by atoms with Crippen molar-refractivity contribution in [2.45, 2.75) is 31.2 Å². The number of ether oxygens (including phenoxy) is 1. The number of carbonyl (C=O) groups excluding carboxylic acids is 1. The fraction of sp³-hybridized carbons (Fsp3) is 0.350. The third-order valence-corrected chi connectivity index (χ3v) is 5.93. The van der Waals surface area contributed by atoms with Gasteiger partial charge in [0.05, 0.1) is 11.6 Å². The van der Waals surface area contributed by atoms with Gasteiger partial charge >= 0.3 is 0 Å². The highest BCUT2D eigenvalue weighted by Crippen LogP contribution is 2.24. The molecule has 0 aliphatic heterocycles. The molecule has 0 bridgehead atoms. The molecule has 0 spiro atoms. The number of hydrogen-bond donors (Lipinski definition) is 1. The fourth-order valence-corrected chi connectivity index (χ4v) is 4.38. The van der Waals surface area contributed by atoms with E-state index in [0.717, 1.165) is 5.75 Å². The molecule has 0 heterocycles. The molecule has 8 heteroatoms. The van der Waals surface area contributed by atoms with Gasteiger partial charge in [-0.2, -0.15) is 0 Å². The van der Waals surface area contributed by atoms with E-state index in [4.69, 9.17) is 16.3 Å². The molecule has 2 aromatic rings. The first-order valence-corrected chi connectivity index (χ1v) is 10.6. The van der Waals surface area contributed by atoms with Gasteiger partial charge in [0.1, 0.15) is 17.3 Å². The lowest BCUT2D eigenvalue weighted by Gasteiger charge is -2.22. The molecule has 152 valence electrons. The van der Waals surface area contributed by atoms with Gasteiger partial charge in [0, 0.05) is 18.2 Å². The van der Waals surface area contributed by atoms with Crippen LogP contribution in [0.15, 0.2) is 53.4 Å². The van der Waals surface area contributed by atoms with Crippen LogP contribution in [-0.2, 0) is 10.0 Å². The molecule has 1 amide bonds. The largest absolute Gasteiger partial charge is 0.492 e. The zero-order chi connectivity index (χ0) is 20.9. The molecule has 0 radical (unpaired) electrons. The number of benzene rings is 2. The number of amides is 1. The van der Waals surface area contributed by atoms with Crippen molar-refractivity contribution in [3.05, 3.63) is 59.1 Å². The molecule has 0 fully saturated rings. The summed E-state index contributed by atoms with van der Waals surface area (Å²) in [5.74, 6) is 0.400. The average molecular weight is 425 g/mol. The summed E-state index contributed by atoms with van der Waals surface area (Å²) in [6, 6.07) is 13.5. The molecule has 0 aliphatic rings. The molecule has 6 nitrogen and oxygen atoms in total. The van der Waals surface area contributed by atoms with Crippen LogP contribution in [0.4, 0.5) is 0 Å². The maximum atomic E-state index is 12.7. The molecule has 2 aromatic carbocycles. The number of likely N-dealkylation sites (N-methyl/N-ethyl adjacent to an activating group) is 1. The van der Waals surface area contributed by atoms with Crippen LogP contribution in [0, 0.1) is 0 Å². The standard InChI is InChI=1S/C20H25ClN2O4S/c1-20(2,3)22-28(25,26)18-14-15(10-11-17(18)21)19(24)23(4)12-13-27-16-8-6-5-7-9-16/h5-11,14,22H,12-13H2,1-4H3. The SMILES string of the molecule is CN(CCOc1ccccc1)C(=O)c1ccc(Cl)c(S(=O)(=O)NC(C)(C)C)c1. The van der Waals surface area contributed by atoms with Crippen LogP contribution in [0.25, 0.3) is 0 Å². The Morgan fingerprint density at radius 2 is 1.79 bits per heavy atom. The Hall–Kier alpha value is -2.09. The fourth-order valence-electron chi connectivity index (χ4n) is 2.44. The van der Waals surface area contributed by atoms with Gasteiger partial charge in [-0.3, -0.25) is 4.79 Å². The van der Waals surface area contributed by atoms with Gasteiger partial charge in [-0.05, 0) is 51.1 Å². The highest BCUT2D eigenvalue weighted by Gasteiger charge is 2.25. The van der Waals surface area contributed by atoms with Crippen molar-refractivity contribution in [2.24, 2.45) is 0 Å². The zero-order valence-corrected chi connectivity index (χ0v) is 18.0. The summed E-state index contributed by atoms with van der Waals surface area (Å²) in [6.07, 6.45) is 0. The Morgan fingerprint density at radius 3 is 2.39 bits per heavy atom. The summed E-state index contributed by atoms with van der Waals surface area (Å²) in [5, 5.41) is 0.0587. The van der Waals surface area contributed by atoms with E-state index in [1.807, 2.05) is 30.3 Å². The number of nitrogens with one attached hydrogen (secondary N) is 1. The third kappa shape index (κ3) is 6.22. The van der Waals surface area contributed by atoms with Crippen LogP contribution < -0.4 is 9.46 Å². The molecule has 0 unspecified atom stereocenters. The van der Waals surface area contributed by atoms with Crippen molar-refractivity contribution in [3.8, 4) is 5.75 Å². The van der Waals surface area contributed by atoms with Gasteiger partial charge in [-0.1, -0.05) is 29.8 Å². The summed E-state index contributed by atoms with van der Waals surface area (Å²) in [6.45, 7) is 5.85. The van der Waals surface area contributed by atoms with Gasteiger partial charge in [0.25, 0.3) is 5.91 Å². The molecule has 0 atom stereocenters. The first kappa shape index (κ1) is 22.2. The van der Waals surface area contributed by atoms with Gasteiger partial charge in [-0.15, -0.1) is 0 Å². The van der Waals surface area contributed by atoms with Crippen LogP contribution in [0.2, 0.25) is 5.02 Å². The highest BCUT2D eigenvalue weighted by atomic mass is 35.5. The lowest BCUT2D eigenvalue weighted by Crippen LogP contribution is -2.40. The molecule has 0 aliphatic carbocycles. The quantitative estimate of drug-likeness (QED) is 0.737. The minimum absolute atomic E-state index is 0.0587. The maximum Gasteiger partial charge on any atom is 0.253 e. The topological polar surface area (TPSA) is 75.7 Å². The molecular weight excluding hydrogens is 400 g/mol. The van der Waals surface area contributed by atoms with E-state index in [9.17, 15) is 13.2 Å². The van der Waals surface area contributed by atoms with Gasteiger partial charge < -0.3 is 9.64 Å². The van der Waals surface area contributed by atoms with Crippen molar-refractivity contribution in [1.29, 1.82) is 0 Å². The van der Waals surface area contributed by atoms with Crippen LogP contribution in [0.3, 0.4) is 0 Å². The lowest BCUT2D eigenvalue weighted by molar-refractivity contribution is 0.0773. The molecule has 28 heavy (non-hydrogen) atoms. The van der Waals surface area contributed by atoms with Crippen LogP contribution >= 0.6 is 11.6 Å². The van der Waals surface area contributed by atoms with Crippen LogP contribution in [0.1, 0.15) is 31.1 Å². The molecule has 1 N–H and O–H groups in total. The number of carbonyl (C=O) groups is 1. The van der Waals surface area contributed by atoms with E-state index >= 15 is 0 Å². The minimum atomic E-state index is -3.86. The molecule has 0 saturated heterocycles. The molecule has 0 saturated carbocycles. The van der Waals surface area contributed by atoms with Gasteiger partial charge in [0.15, 0.2) is 0 Å². The lowest BCUT2D eigenvalue weighted by atomic mass is 10.1. The number of rotatable bonds is 7. The van der Waals surface area contributed by atoms with Crippen LogP contribution in [-0.4, -0.2) is 45.0 Å². The molecule has 2 rings (SSSR count). The monoisotopic (exact) mass is 424 g/mol. The summed E-state index contributed by atoms with van der Waals surface area (Å²) in [7, 11) is -2.23. The highest BCUT2D eigenvalue weighted by molar-refractivity contribution is 7.89. The van der Waals surface area contributed by atoms with Crippen molar-refractivity contribution < 1.29 is 17.9 Å². The zero-order valence-electron chi connectivity index (χ0n) is 16.4. The maximum absolute atomic E-state index is 12.7. The van der Waals surface area contributed by atoms with Crippen LogP contribution in [0.5, 0.6) is 5.75 Å². The van der Waals surface area contributed by atoms with E-state index in [1.54, 1.807) is 27.8 Å². The van der Waals surface area contributed by atoms with E-state index in [2.05, 4.69) is 4.72 Å². The normalized spacial score (nSPS) is 11.9. The van der Waals surface area contributed by atoms with E-state index in [-0.39, 0.29) is 21.4 Å². The third-order valence-electron chi connectivity index (χ3n) is 3.69. The Labute approximate surface area is 171 Å². The predicted octanol–water partition coefficient (Wildman–Crippen LogP) is 3.57. The van der Waals surface area contributed by atoms with Crippen molar-refractivity contribution in [1.82, 2.24) is 9.62 Å². The second-order valence-corrected chi connectivity index (χ2v) is 9.45. The number of para-hydroxylation sites is 1. The summed E-state index contributed by atoms with van der Waals surface area (Å²) in [5.41, 5.74) is -0.436. The number of nitrogens with zero attached hydrogens (tertiary/aromatic N) is 1. The van der Waals surface area contributed by atoms with E-state index < -0.39 is 15.6 Å².